The van der Waals surface area contributed by atoms with E-state index in [1.165, 1.54) is 12.2 Å². The normalized spacial score (nSPS) is 19.1. The Bertz CT molecular complexity index is 603. The van der Waals surface area contributed by atoms with Gasteiger partial charge in [0.1, 0.15) is 5.82 Å². The van der Waals surface area contributed by atoms with E-state index in [-0.39, 0.29) is 6.42 Å². The van der Waals surface area contributed by atoms with Crippen LogP contribution in [0.25, 0.3) is 11.0 Å². The van der Waals surface area contributed by atoms with Gasteiger partial charge in [0.25, 0.3) is 0 Å². The van der Waals surface area contributed by atoms with Gasteiger partial charge >= 0.3 is 5.97 Å². The van der Waals surface area contributed by atoms with Crippen molar-refractivity contribution < 1.29 is 9.90 Å². The smallest absolute Gasteiger partial charge is 0.305 e. The maximum Gasteiger partial charge on any atom is 0.305 e. The van der Waals surface area contributed by atoms with Crippen LogP contribution in [0, 0.1) is 0 Å². The number of carboxylic acid groups (broad SMARTS) is 1. The minimum absolute atomic E-state index is 0.144. The van der Waals surface area contributed by atoms with Crippen LogP contribution in [0.5, 0.6) is 0 Å². The molecular formula is C14H16N2O2S. The molecule has 19 heavy (non-hydrogen) atoms. The van der Waals surface area contributed by atoms with Crippen molar-refractivity contribution in [3.8, 4) is 0 Å². The van der Waals surface area contributed by atoms with Crippen molar-refractivity contribution in [2.75, 3.05) is 5.75 Å². The average molecular weight is 276 g/mol. The monoisotopic (exact) mass is 276 g/mol. The standard InChI is InChI=1S/C14H16N2O2S/c17-13(18)7-8-16-11-5-2-1-4-10(11)15-14(16)12-6-3-9-19-12/h1-2,4-5,12H,3,6-9H2,(H,17,18). The van der Waals surface area contributed by atoms with Gasteiger partial charge in [-0.05, 0) is 30.7 Å². The Hall–Kier alpha value is -1.49. The lowest BCUT2D eigenvalue weighted by atomic mass is 10.2. The topological polar surface area (TPSA) is 55.1 Å². The fourth-order valence-corrected chi connectivity index (χ4v) is 3.84. The molecule has 1 aliphatic rings. The summed E-state index contributed by atoms with van der Waals surface area (Å²) in [6.07, 6.45) is 2.50. The quantitative estimate of drug-likeness (QED) is 0.932. The zero-order valence-electron chi connectivity index (χ0n) is 10.6. The van der Waals surface area contributed by atoms with Gasteiger partial charge in [0.05, 0.1) is 22.7 Å². The molecule has 0 bridgehead atoms. The molecule has 0 amide bonds. The molecule has 1 aromatic heterocycles. The number of para-hydroxylation sites is 2. The van der Waals surface area contributed by atoms with E-state index in [4.69, 9.17) is 10.1 Å². The van der Waals surface area contributed by atoms with E-state index in [1.807, 2.05) is 36.0 Å². The number of benzene rings is 1. The van der Waals surface area contributed by atoms with E-state index in [9.17, 15) is 4.79 Å². The highest BCUT2D eigenvalue weighted by molar-refractivity contribution is 7.99. The molecule has 1 fully saturated rings. The molecular weight excluding hydrogens is 260 g/mol. The van der Waals surface area contributed by atoms with Crippen molar-refractivity contribution in [2.24, 2.45) is 0 Å². The van der Waals surface area contributed by atoms with Gasteiger partial charge in [0.2, 0.25) is 0 Å². The molecule has 1 atom stereocenters. The Kier molecular flexibility index (Phi) is 3.46. The number of hydrogen-bond acceptors (Lipinski definition) is 3. The molecule has 1 aliphatic heterocycles. The molecule has 1 aromatic carbocycles. The predicted octanol–water partition coefficient (Wildman–Crippen LogP) is 3.08. The minimum Gasteiger partial charge on any atom is -0.481 e. The number of imidazole rings is 1. The molecule has 1 saturated heterocycles. The molecule has 100 valence electrons. The SMILES string of the molecule is O=C(O)CCn1c(C2CCCS2)nc2ccccc21. The highest BCUT2D eigenvalue weighted by atomic mass is 32.2. The van der Waals surface area contributed by atoms with Crippen LogP contribution in [0.4, 0.5) is 0 Å². The minimum atomic E-state index is -0.761. The third-order valence-corrected chi connectivity index (χ3v) is 4.82. The second-order valence-electron chi connectivity index (χ2n) is 4.76. The first-order valence-electron chi connectivity index (χ1n) is 6.54. The van der Waals surface area contributed by atoms with Crippen LogP contribution in [0.3, 0.4) is 0 Å². The lowest BCUT2D eigenvalue weighted by Crippen LogP contribution is -2.09. The molecule has 5 heteroatoms. The first-order chi connectivity index (χ1) is 9.25. The molecule has 0 saturated carbocycles. The summed E-state index contributed by atoms with van der Waals surface area (Å²) >= 11 is 1.93. The predicted molar refractivity (Wildman–Crippen MR) is 76.4 cm³/mol. The Morgan fingerprint density at radius 2 is 2.32 bits per heavy atom. The number of nitrogens with zero attached hydrogens (tertiary/aromatic N) is 2. The van der Waals surface area contributed by atoms with Crippen LogP contribution in [-0.4, -0.2) is 26.4 Å². The number of thioether (sulfide) groups is 1. The molecule has 0 aliphatic carbocycles. The third-order valence-electron chi connectivity index (χ3n) is 3.45. The van der Waals surface area contributed by atoms with Gasteiger partial charge in [-0.25, -0.2) is 4.98 Å². The fourth-order valence-electron chi connectivity index (χ4n) is 2.56. The first-order valence-corrected chi connectivity index (χ1v) is 7.59. The van der Waals surface area contributed by atoms with Crippen LogP contribution in [0.15, 0.2) is 24.3 Å². The van der Waals surface area contributed by atoms with E-state index in [1.54, 1.807) is 0 Å². The summed E-state index contributed by atoms with van der Waals surface area (Å²) in [6.45, 7) is 0.502. The highest BCUT2D eigenvalue weighted by Crippen LogP contribution is 2.40. The number of carbonyl (C=O) groups is 1. The van der Waals surface area contributed by atoms with E-state index >= 15 is 0 Å². The number of aryl methyl sites for hydroxylation is 1. The van der Waals surface area contributed by atoms with Gasteiger partial charge in [0, 0.05) is 6.54 Å². The molecule has 3 rings (SSSR count). The molecule has 2 heterocycles. The Balaban J connectivity index is 2.02. The number of aromatic nitrogens is 2. The second kappa shape index (κ2) is 5.25. The Morgan fingerprint density at radius 3 is 3.05 bits per heavy atom. The number of aliphatic carboxylic acids is 1. The first kappa shape index (κ1) is 12.5. The zero-order chi connectivity index (χ0) is 13.2. The Labute approximate surface area is 115 Å². The van der Waals surface area contributed by atoms with Gasteiger partial charge < -0.3 is 9.67 Å². The lowest BCUT2D eigenvalue weighted by molar-refractivity contribution is -0.137. The van der Waals surface area contributed by atoms with Crippen molar-refractivity contribution in [1.82, 2.24) is 9.55 Å². The highest BCUT2D eigenvalue weighted by Gasteiger charge is 2.24. The second-order valence-corrected chi connectivity index (χ2v) is 6.07. The molecule has 1 N–H and O–H groups in total. The third kappa shape index (κ3) is 2.47. The largest absolute Gasteiger partial charge is 0.481 e. The van der Waals surface area contributed by atoms with Gasteiger partial charge in [-0.2, -0.15) is 11.8 Å². The molecule has 0 radical (unpaired) electrons. The van der Waals surface area contributed by atoms with Crippen LogP contribution < -0.4 is 0 Å². The fraction of sp³-hybridized carbons (Fsp3) is 0.429. The number of hydrogen-bond donors (Lipinski definition) is 1. The van der Waals surface area contributed by atoms with E-state index in [0.29, 0.717) is 11.8 Å². The van der Waals surface area contributed by atoms with Crippen molar-refractivity contribution in [3.05, 3.63) is 30.1 Å². The average Bonchev–Trinajstić information content (AvgIpc) is 3.03. The number of carboxylic acids is 1. The van der Waals surface area contributed by atoms with Crippen molar-refractivity contribution in [3.63, 3.8) is 0 Å². The van der Waals surface area contributed by atoms with Gasteiger partial charge in [-0.3, -0.25) is 4.79 Å². The van der Waals surface area contributed by atoms with Crippen molar-refractivity contribution in [2.45, 2.75) is 31.1 Å². The maximum atomic E-state index is 10.8. The van der Waals surface area contributed by atoms with Gasteiger partial charge in [0.15, 0.2) is 0 Å². The zero-order valence-corrected chi connectivity index (χ0v) is 11.4. The molecule has 0 spiro atoms. The van der Waals surface area contributed by atoms with Crippen LogP contribution in [-0.2, 0) is 11.3 Å². The van der Waals surface area contributed by atoms with E-state index in [0.717, 1.165) is 23.3 Å². The van der Waals surface area contributed by atoms with Crippen LogP contribution in [0.1, 0.15) is 30.3 Å². The summed E-state index contributed by atoms with van der Waals surface area (Å²) in [6, 6.07) is 7.97. The summed E-state index contributed by atoms with van der Waals surface area (Å²) in [7, 11) is 0. The van der Waals surface area contributed by atoms with Crippen molar-refractivity contribution in [1.29, 1.82) is 0 Å². The molecule has 1 unspecified atom stereocenters. The number of rotatable bonds is 4. The molecule has 2 aromatic rings. The van der Waals surface area contributed by atoms with Gasteiger partial charge in [-0.15, -0.1) is 0 Å². The summed E-state index contributed by atoms with van der Waals surface area (Å²) in [5, 5.41) is 9.32. The number of fused-ring (bicyclic) bond motifs is 1. The van der Waals surface area contributed by atoms with Gasteiger partial charge in [-0.1, -0.05) is 12.1 Å². The lowest BCUT2D eigenvalue weighted by Gasteiger charge is -2.12. The summed E-state index contributed by atoms with van der Waals surface area (Å²) in [5.41, 5.74) is 2.02. The Morgan fingerprint density at radius 1 is 1.47 bits per heavy atom. The van der Waals surface area contributed by atoms with Crippen LogP contribution >= 0.6 is 11.8 Å². The summed E-state index contributed by atoms with van der Waals surface area (Å²) in [4.78, 5) is 15.5. The summed E-state index contributed by atoms with van der Waals surface area (Å²) < 4.78 is 2.09. The maximum absolute atomic E-state index is 10.8. The van der Waals surface area contributed by atoms with Crippen LogP contribution in [0.2, 0.25) is 0 Å². The summed E-state index contributed by atoms with van der Waals surface area (Å²) in [5.74, 6) is 1.46. The van der Waals surface area contributed by atoms with E-state index < -0.39 is 5.97 Å². The van der Waals surface area contributed by atoms with Crippen molar-refractivity contribution >= 4 is 28.8 Å². The molecule has 4 nitrogen and oxygen atoms in total. The van der Waals surface area contributed by atoms with E-state index in [2.05, 4.69) is 4.57 Å².